The Hall–Kier alpha value is -1.43. The second kappa shape index (κ2) is 5.16. The topological polar surface area (TPSA) is 46.6 Å². The highest BCUT2D eigenvalue weighted by Gasteiger charge is 2.47. The van der Waals surface area contributed by atoms with Crippen LogP contribution in [0.3, 0.4) is 0 Å². The molecule has 0 aliphatic carbocycles. The zero-order valence-electron chi connectivity index (χ0n) is 11.5. The standard InChI is InChI=1S/C14H15BrFNO3/c1-4-20-10(18)7-17-9-6-5-8(15)12(16)11(9)14(2,3)13(17)19/h5-6H,4,7H2,1-3H3. The van der Waals surface area contributed by atoms with E-state index in [4.69, 9.17) is 4.74 Å². The number of nitrogens with zero attached hydrogens (tertiary/aromatic N) is 1. The van der Waals surface area contributed by atoms with Crippen LogP contribution in [0.5, 0.6) is 0 Å². The molecule has 1 aromatic rings. The average Bonchev–Trinajstić information content (AvgIpc) is 2.55. The molecule has 0 N–H and O–H groups in total. The normalized spacial score (nSPS) is 16.2. The number of hydrogen-bond acceptors (Lipinski definition) is 3. The number of ether oxygens (including phenoxy) is 1. The Morgan fingerprint density at radius 3 is 2.70 bits per heavy atom. The Bertz CT molecular complexity index is 586. The van der Waals surface area contributed by atoms with Crippen molar-refractivity contribution in [3.63, 3.8) is 0 Å². The predicted molar refractivity (Wildman–Crippen MR) is 76.1 cm³/mol. The second-order valence-electron chi connectivity index (χ2n) is 5.08. The Labute approximate surface area is 125 Å². The molecule has 1 aliphatic rings. The molecule has 1 aliphatic heterocycles. The first-order valence-corrected chi connectivity index (χ1v) is 7.06. The molecule has 1 amide bonds. The number of amides is 1. The largest absolute Gasteiger partial charge is 0.465 e. The Balaban J connectivity index is 2.47. The fraction of sp³-hybridized carbons (Fsp3) is 0.429. The van der Waals surface area contributed by atoms with Gasteiger partial charge in [-0.05, 0) is 48.8 Å². The molecule has 1 heterocycles. The van der Waals surface area contributed by atoms with Crippen molar-refractivity contribution in [3.8, 4) is 0 Å². The number of hydrogen-bond donors (Lipinski definition) is 0. The Kier molecular flexibility index (Phi) is 3.86. The number of carbonyl (C=O) groups excluding carboxylic acids is 2. The number of fused-ring (bicyclic) bond motifs is 1. The number of esters is 1. The number of anilines is 1. The molecule has 6 heteroatoms. The van der Waals surface area contributed by atoms with E-state index in [0.717, 1.165) is 0 Å². The van der Waals surface area contributed by atoms with Crippen molar-refractivity contribution < 1.29 is 18.7 Å². The summed E-state index contributed by atoms with van der Waals surface area (Å²) in [5, 5.41) is 0. The van der Waals surface area contributed by atoms with E-state index >= 15 is 0 Å². The van der Waals surface area contributed by atoms with Gasteiger partial charge >= 0.3 is 5.97 Å². The van der Waals surface area contributed by atoms with Crippen molar-refractivity contribution >= 4 is 33.5 Å². The molecule has 2 rings (SSSR count). The maximum absolute atomic E-state index is 14.3. The first-order valence-electron chi connectivity index (χ1n) is 6.26. The van der Waals surface area contributed by atoms with E-state index in [1.165, 1.54) is 11.0 Å². The molecule has 0 atom stereocenters. The number of carbonyl (C=O) groups is 2. The third-order valence-electron chi connectivity index (χ3n) is 3.36. The number of benzene rings is 1. The van der Waals surface area contributed by atoms with E-state index in [-0.39, 0.29) is 19.1 Å². The SMILES string of the molecule is CCOC(=O)CN1C(=O)C(C)(C)c2c1ccc(Br)c2F. The summed E-state index contributed by atoms with van der Waals surface area (Å²) >= 11 is 3.12. The second-order valence-corrected chi connectivity index (χ2v) is 5.93. The number of rotatable bonds is 3. The van der Waals surface area contributed by atoms with Gasteiger partial charge in [0, 0.05) is 5.56 Å². The molecular weight excluding hydrogens is 329 g/mol. The minimum Gasteiger partial charge on any atom is -0.465 e. The maximum Gasteiger partial charge on any atom is 0.326 e. The maximum atomic E-state index is 14.3. The van der Waals surface area contributed by atoms with Crippen LogP contribution in [0.25, 0.3) is 0 Å². The lowest BCUT2D eigenvalue weighted by Gasteiger charge is -2.19. The van der Waals surface area contributed by atoms with Crippen LogP contribution in [-0.2, 0) is 19.7 Å². The van der Waals surface area contributed by atoms with Gasteiger partial charge in [-0.15, -0.1) is 0 Å². The fourth-order valence-electron chi connectivity index (χ4n) is 2.41. The van der Waals surface area contributed by atoms with Crippen molar-refractivity contribution in [2.24, 2.45) is 0 Å². The van der Waals surface area contributed by atoms with Crippen molar-refractivity contribution in [3.05, 3.63) is 28.0 Å². The molecule has 0 fully saturated rings. The van der Waals surface area contributed by atoms with Gasteiger partial charge in [0.25, 0.3) is 0 Å². The molecule has 0 saturated carbocycles. The van der Waals surface area contributed by atoms with Gasteiger partial charge in [-0.25, -0.2) is 4.39 Å². The van der Waals surface area contributed by atoms with Crippen LogP contribution in [0.15, 0.2) is 16.6 Å². The molecule has 0 bridgehead atoms. The van der Waals surface area contributed by atoms with Crippen LogP contribution in [0.1, 0.15) is 26.3 Å². The van der Waals surface area contributed by atoms with Crippen molar-refractivity contribution in [1.82, 2.24) is 0 Å². The summed E-state index contributed by atoms with van der Waals surface area (Å²) < 4.78 is 19.4. The van der Waals surface area contributed by atoms with E-state index in [2.05, 4.69) is 15.9 Å². The van der Waals surface area contributed by atoms with Gasteiger partial charge in [0.05, 0.1) is 22.2 Å². The fourth-order valence-corrected chi connectivity index (χ4v) is 2.74. The highest BCUT2D eigenvalue weighted by molar-refractivity contribution is 9.10. The minimum absolute atomic E-state index is 0.204. The van der Waals surface area contributed by atoms with Gasteiger partial charge in [0.1, 0.15) is 12.4 Å². The molecule has 1 aromatic carbocycles. The van der Waals surface area contributed by atoms with Gasteiger partial charge in [0.15, 0.2) is 0 Å². The van der Waals surface area contributed by atoms with Crippen molar-refractivity contribution in [2.75, 3.05) is 18.1 Å². The lowest BCUT2D eigenvalue weighted by atomic mass is 9.86. The van der Waals surface area contributed by atoms with Crippen molar-refractivity contribution in [1.29, 1.82) is 0 Å². The zero-order valence-corrected chi connectivity index (χ0v) is 13.1. The summed E-state index contributed by atoms with van der Waals surface area (Å²) in [4.78, 5) is 25.3. The smallest absolute Gasteiger partial charge is 0.326 e. The zero-order chi connectivity index (χ0) is 15.1. The lowest BCUT2D eigenvalue weighted by Crippen LogP contribution is -2.39. The Morgan fingerprint density at radius 2 is 2.10 bits per heavy atom. The van der Waals surface area contributed by atoms with Crippen LogP contribution in [0, 0.1) is 5.82 Å². The highest BCUT2D eigenvalue weighted by Crippen LogP contribution is 2.44. The number of halogens is 2. The summed E-state index contributed by atoms with van der Waals surface area (Å²) in [5.41, 5.74) is -0.273. The van der Waals surface area contributed by atoms with Gasteiger partial charge in [-0.3, -0.25) is 9.59 Å². The summed E-state index contributed by atoms with van der Waals surface area (Å²) in [5.74, 6) is -1.28. The first-order chi connectivity index (χ1) is 9.30. The van der Waals surface area contributed by atoms with Crippen LogP contribution >= 0.6 is 15.9 Å². The van der Waals surface area contributed by atoms with Gasteiger partial charge in [-0.2, -0.15) is 0 Å². The van der Waals surface area contributed by atoms with Gasteiger partial charge < -0.3 is 9.64 Å². The molecule has 20 heavy (non-hydrogen) atoms. The third kappa shape index (κ3) is 2.22. The van der Waals surface area contributed by atoms with Crippen LogP contribution in [0.4, 0.5) is 10.1 Å². The van der Waals surface area contributed by atoms with E-state index in [9.17, 15) is 14.0 Å². The Morgan fingerprint density at radius 1 is 1.45 bits per heavy atom. The average molecular weight is 344 g/mol. The predicted octanol–water partition coefficient (Wildman–Crippen LogP) is 2.78. The molecule has 0 aromatic heterocycles. The molecule has 108 valence electrons. The van der Waals surface area contributed by atoms with Gasteiger partial charge in [0.2, 0.25) is 5.91 Å². The minimum atomic E-state index is -1.00. The summed E-state index contributed by atoms with van der Waals surface area (Å²) in [6.45, 7) is 5.03. The molecule has 0 radical (unpaired) electrons. The van der Waals surface area contributed by atoms with E-state index in [0.29, 0.717) is 15.7 Å². The first kappa shape index (κ1) is 15.0. The molecule has 0 spiro atoms. The summed E-state index contributed by atoms with van der Waals surface area (Å²) in [7, 11) is 0. The quantitative estimate of drug-likeness (QED) is 0.793. The van der Waals surface area contributed by atoms with E-state index in [1.54, 1.807) is 26.8 Å². The lowest BCUT2D eigenvalue weighted by molar-refractivity contribution is -0.142. The summed E-state index contributed by atoms with van der Waals surface area (Å²) in [6.07, 6.45) is 0. The molecule has 0 saturated heterocycles. The van der Waals surface area contributed by atoms with Crippen LogP contribution < -0.4 is 4.90 Å². The van der Waals surface area contributed by atoms with Gasteiger partial charge in [-0.1, -0.05) is 0 Å². The molecular formula is C14H15BrFNO3. The highest BCUT2D eigenvalue weighted by atomic mass is 79.9. The third-order valence-corrected chi connectivity index (χ3v) is 3.97. The van der Waals surface area contributed by atoms with E-state index in [1.807, 2.05) is 0 Å². The van der Waals surface area contributed by atoms with Crippen molar-refractivity contribution in [2.45, 2.75) is 26.2 Å². The monoisotopic (exact) mass is 343 g/mol. The molecule has 0 unspecified atom stereocenters. The van der Waals surface area contributed by atoms with Crippen LogP contribution in [0.2, 0.25) is 0 Å². The van der Waals surface area contributed by atoms with Crippen LogP contribution in [-0.4, -0.2) is 25.0 Å². The molecule has 4 nitrogen and oxygen atoms in total. The van der Waals surface area contributed by atoms with E-state index < -0.39 is 17.2 Å². The summed E-state index contributed by atoms with van der Waals surface area (Å²) in [6, 6.07) is 3.16.